The Hall–Kier alpha value is -3.39. The molecular formula is C24H25FN4O3. The minimum atomic E-state index is -0.475. The summed E-state index contributed by atoms with van der Waals surface area (Å²) in [7, 11) is 1.59. The van der Waals surface area contributed by atoms with Crippen molar-refractivity contribution < 1.29 is 18.6 Å². The molecule has 4 aromatic rings. The number of hydrogen-bond acceptors (Lipinski definition) is 6. The SMILES string of the molecule is COc1cc2c(Oc3cc4cc[nH]c4cc3F)ncnc2cc1OCCCN1CCCC1. The van der Waals surface area contributed by atoms with Crippen LogP contribution in [0.15, 0.2) is 42.9 Å². The van der Waals surface area contributed by atoms with Gasteiger partial charge in [-0.05, 0) is 50.6 Å². The van der Waals surface area contributed by atoms with E-state index in [4.69, 9.17) is 14.2 Å². The summed E-state index contributed by atoms with van der Waals surface area (Å²) in [6.07, 6.45) is 6.67. The number of ether oxygens (including phenoxy) is 3. The van der Waals surface area contributed by atoms with E-state index in [9.17, 15) is 4.39 Å². The third-order valence-electron chi connectivity index (χ3n) is 5.77. The highest BCUT2D eigenvalue weighted by Gasteiger charge is 2.16. The molecule has 3 heterocycles. The van der Waals surface area contributed by atoms with Crippen LogP contribution >= 0.6 is 0 Å². The van der Waals surface area contributed by atoms with E-state index in [1.165, 1.54) is 38.3 Å². The van der Waals surface area contributed by atoms with Gasteiger partial charge in [-0.1, -0.05) is 0 Å². The number of rotatable bonds is 8. The van der Waals surface area contributed by atoms with Gasteiger partial charge in [0.05, 0.1) is 24.6 Å². The van der Waals surface area contributed by atoms with Crippen molar-refractivity contribution in [3.05, 3.63) is 48.7 Å². The van der Waals surface area contributed by atoms with E-state index in [1.54, 1.807) is 25.4 Å². The van der Waals surface area contributed by atoms with Gasteiger partial charge in [0.1, 0.15) is 6.33 Å². The second-order valence-electron chi connectivity index (χ2n) is 7.90. The number of halogens is 1. The Morgan fingerprint density at radius 3 is 2.78 bits per heavy atom. The Kier molecular flexibility index (Phi) is 5.77. The first-order valence-corrected chi connectivity index (χ1v) is 10.8. The van der Waals surface area contributed by atoms with Gasteiger partial charge in [-0.15, -0.1) is 0 Å². The first kappa shape index (κ1) is 20.5. The van der Waals surface area contributed by atoms with Crippen LogP contribution in [0.5, 0.6) is 23.1 Å². The van der Waals surface area contributed by atoms with Gasteiger partial charge in [-0.2, -0.15) is 0 Å². The fourth-order valence-electron chi connectivity index (χ4n) is 4.11. The molecule has 5 rings (SSSR count). The molecule has 2 aromatic heterocycles. The molecule has 0 aliphatic carbocycles. The van der Waals surface area contributed by atoms with Crippen molar-refractivity contribution >= 4 is 21.8 Å². The van der Waals surface area contributed by atoms with Gasteiger partial charge in [0, 0.05) is 35.8 Å². The number of likely N-dealkylation sites (tertiary alicyclic amines) is 1. The number of fused-ring (bicyclic) bond motifs is 2. The lowest BCUT2D eigenvalue weighted by Crippen LogP contribution is -2.21. The van der Waals surface area contributed by atoms with E-state index >= 15 is 0 Å². The lowest BCUT2D eigenvalue weighted by molar-refractivity contribution is 0.254. The van der Waals surface area contributed by atoms with Gasteiger partial charge >= 0.3 is 0 Å². The molecule has 2 aromatic carbocycles. The summed E-state index contributed by atoms with van der Waals surface area (Å²) in [4.78, 5) is 14.0. The summed E-state index contributed by atoms with van der Waals surface area (Å²) < 4.78 is 31.9. The van der Waals surface area contributed by atoms with E-state index in [-0.39, 0.29) is 11.6 Å². The maximum absolute atomic E-state index is 14.5. The lowest BCUT2D eigenvalue weighted by Gasteiger charge is -2.16. The Bertz CT molecular complexity index is 1240. The van der Waals surface area contributed by atoms with Crippen LogP contribution in [-0.4, -0.2) is 53.2 Å². The third kappa shape index (κ3) is 4.18. The summed E-state index contributed by atoms with van der Waals surface area (Å²) in [5, 5.41) is 1.46. The maximum Gasteiger partial charge on any atom is 0.230 e. The summed E-state index contributed by atoms with van der Waals surface area (Å²) in [5.74, 6) is 1.04. The third-order valence-corrected chi connectivity index (χ3v) is 5.77. The van der Waals surface area contributed by atoms with Crippen LogP contribution < -0.4 is 14.2 Å². The molecule has 0 saturated carbocycles. The summed E-state index contributed by atoms with van der Waals surface area (Å²) in [6, 6.07) is 8.49. The molecule has 1 saturated heterocycles. The number of H-pyrrole nitrogens is 1. The van der Waals surface area contributed by atoms with Crippen molar-refractivity contribution in [2.24, 2.45) is 0 Å². The molecule has 0 amide bonds. The maximum atomic E-state index is 14.5. The van der Waals surface area contributed by atoms with E-state index in [0.29, 0.717) is 34.5 Å². The molecule has 0 radical (unpaired) electrons. The zero-order valence-corrected chi connectivity index (χ0v) is 17.9. The molecule has 1 aliphatic rings. The average Bonchev–Trinajstić information content (AvgIpc) is 3.48. The van der Waals surface area contributed by atoms with Crippen molar-refractivity contribution in [2.75, 3.05) is 33.4 Å². The van der Waals surface area contributed by atoms with E-state index < -0.39 is 5.82 Å². The van der Waals surface area contributed by atoms with Crippen molar-refractivity contribution in [1.29, 1.82) is 0 Å². The Labute approximate surface area is 185 Å². The van der Waals surface area contributed by atoms with Gasteiger partial charge in [0.15, 0.2) is 23.1 Å². The van der Waals surface area contributed by atoms with Crippen LogP contribution in [0.25, 0.3) is 21.8 Å². The Morgan fingerprint density at radius 1 is 1.06 bits per heavy atom. The molecule has 8 heteroatoms. The van der Waals surface area contributed by atoms with Gasteiger partial charge in [-0.3, -0.25) is 0 Å². The molecule has 0 bridgehead atoms. The zero-order chi connectivity index (χ0) is 21.9. The molecular weight excluding hydrogens is 411 g/mol. The summed E-state index contributed by atoms with van der Waals surface area (Å²) in [5.41, 5.74) is 1.34. The summed E-state index contributed by atoms with van der Waals surface area (Å²) in [6.45, 7) is 3.98. The van der Waals surface area contributed by atoms with Crippen molar-refractivity contribution in [1.82, 2.24) is 19.9 Å². The van der Waals surface area contributed by atoms with E-state index in [2.05, 4.69) is 19.9 Å². The standard InChI is InChI=1S/C24H25FN4O3/c1-30-22-12-17-20(14-23(22)31-10-4-9-29-7-2-3-8-29)27-15-28-24(17)32-21-11-16-5-6-26-19(16)13-18(21)25/h5-6,11-15,26H,2-4,7-10H2,1H3. The predicted molar refractivity (Wildman–Crippen MR) is 120 cm³/mol. The largest absolute Gasteiger partial charge is 0.493 e. The quantitative estimate of drug-likeness (QED) is 0.396. The van der Waals surface area contributed by atoms with Crippen LogP contribution in [0, 0.1) is 5.82 Å². The molecule has 166 valence electrons. The minimum Gasteiger partial charge on any atom is -0.493 e. The molecule has 1 N–H and O–H groups in total. The highest BCUT2D eigenvalue weighted by atomic mass is 19.1. The van der Waals surface area contributed by atoms with Crippen molar-refractivity contribution in [2.45, 2.75) is 19.3 Å². The molecule has 0 atom stereocenters. The fourth-order valence-corrected chi connectivity index (χ4v) is 4.11. The molecule has 32 heavy (non-hydrogen) atoms. The van der Waals surface area contributed by atoms with E-state index in [0.717, 1.165) is 18.4 Å². The molecule has 7 nitrogen and oxygen atoms in total. The number of nitrogens with zero attached hydrogens (tertiary/aromatic N) is 3. The molecule has 1 aliphatic heterocycles. The number of benzene rings is 2. The van der Waals surface area contributed by atoms with Gasteiger partial charge in [0.2, 0.25) is 5.88 Å². The van der Waals surface area contributed by atoms with Crippen LogP contribution in [0.1, 0.15) is 19.3 Å². The first-order chi connectivity index (χ1) is 15.7. The highest BCUT2D eigenvalue weighted by Crippen LogP contribution is 2.37. The number of aromatic amines is 1. The van der Waals surface area contributed by atoms with E-state index in [1.807, 2.05) is 12.1 Å². The van der Waals surface area contributed by atoms with Crippen LogP contribution in [0.4, 0.5) is 4.39 Å². The topological polar surface area (TPSA) is 72.5 Å². The number of nitrogens with one attached hydrogen (secondary N) is 1. The van der Waals surface area contributed by atoms with Crippen molar-refractivity contribution in [3.63, 3.8) is 0 Å². The highest BCUT2D eigenvalue weighted by molar-refractivity contribution is 5.87. The lowest BCUT2D eigenvalue weighted by atomic mass is 10.2. The van der Waals surface area contributed by atoms with Gasteiger partial charge in [0.25, 0.3) is 0 Å². The van der Waals surface area contributed by atoms with Crippen LogP contribution in [-0.2, 0) is 0 Å². The molecule has 0 unspecified atom stereocenters. The van der Waals surface area contributed by atoms with Crippen LogP contribution in [0.2, 0.25) is 0 Å². The number of methoxy groups -OCH3 is 1. The second-order valence-corrected chi connectivity index (χ2v) is 7.90. The zero-order valence-electron chi connectivity index (χ0n) is 17.9. The molecule has 0 spiro atoms. The normalized spacial score (nSPS) is 14.3. The monoisotopic (exact) mass is 436 g/mol. The van der Waals surface area contributed by atoms with Crippen molar-refractivity contribution in [3.8, 4) is 23.1 Å². The average molecular weight is 436 g/mol. The number of aromatic nitrogens is 3. The first-order valence-electron chi connectivity index (χ1n) is 10.8. The predicted octanol–water partition coefficient (Wildman–Crippen LogP) is 4.92. The smallest absolute Gasteiger partial charge is 0.230 e. The molecule has 1 fully saturated rings. The fraction of sp³-hybridized carbons (Fsp3) is 0.333. The summed E-state index contributed by atoms with van der Waals surface area (Å²) >= 11 is 0. The van der Waals surface area contributed by atoms with Gasteiger partial charge < -0.3 is 24.1 Å². The van der Waals surface area contributed by atoms with Gasteiger partial charge in [-0.25, -0.2) is 14.4 Å². The second kappa shape index (κ2) is 9.00. The van der Waals surface area contributed by atoms with Crippen LogP contribution in [0.3, 0.4) is 0 Å². The Morgan fingerprint density at radius 2 is 1.94 bits per heavy atom. The minimum absolute atomic E-state index is 0.0957. The number of hydrogen-bond donors (Lipinski definition) is 1. The Balaban J connectivity index is 1.37.